The lowest BCUT2D eigenvalue weighted by Gasteiger charge is -2.37. The second kappa shape index (κ2) is 8.69. The third kappa shape index (κ3) is 7.67. The molecule has 0 fully saturated rings. The van der Waals surface area contributed by atoms with Gasteiger partial charge in [-0.1, -0.05) is 32.9 Å². The van der Waals surface area contributed by atoms with Crippen molar-refractivity contribution in [2.75, 3.05) is 26.4 Å². The van der Waals surface area contributed by atoms with Crippen LogP contribution in [0.5, 0.6) is 0 Å². The largest absolute Gasteiger partial charge is 0.414 e. The Morgan fingerprint density at radius 1 is 1.05 bits per heavy atom. The molecule has 0 N–H and O–H groups in total. The monoisotopic (exact) mass is 286 g/mol. The zero-order valence-corrected chi connectivity index (χ0v) is 14.2. The van der Waals surface area contributed by atoms with Gasteiger partial charge in [-0.05, 0) is 18.1 Å². The van der Waals surface area contributed by atoms with Gasteiger partial charge in [0.25, 0.3) is 0 Å². The summed E-state index contributed by atoms with van der Waals surface area (Å²) in [4.78, 5) is 0. The molecular formula is C15H30O3Si. The highest BCUT2D eigenvalue weighted by Gasteiger charge is 2.37. The van der Waals surface area contributed by atoms with Gasteiger partial charge in [-0.15, -0.1) is 13.2 Å². The molecule has 3 nitrogen and oxygen atoms in total. The minimum Gasteiger partial charge on any atom is -0.414 e. The summed E-state index contributed by atoms with van der Waals surface area (Å²) in [5, 5.41) is 0.206. The molecule has 4 heteroatoms. The summed E-state index contributed by atoms with van der Waals surface area (Å²) in [6, 6.07) is 0. The van der Waals surface area contributed by atoms with Crippen molar-refractivity contribution in [3.63, 3.8) is 0 Å². The predicted octanol–water partition coefficient (Wildman–Crippen LogP) is 3.78. The summed E-state index contributed by atoms with van der Waals surface area (Å²) in [7, 11) is -1.74. The number of ether oxygens (including phenoxy) is 2. The lowest BCUT2D eigenvalue weighted by molar-refractivity contribution is -0.0240. The number of rotatable bonds is 10. The minimum absolute atomic E-state index is 0.0490. The topological polar surface area (TPSA) is 27.7 Å². The van der Waals surface area contributed by atoms with E-state index in [9.17, 15) is 0 Å². The second-order valence-corrected chi connectivity index (χ2v) is 11.0. The van der Waals surface area contributed by atoms with Crippen molar-refractivity contribution in [3.8, 4) is 0 Å². The van der Waals surface area contributed by atoms with E-state index in [2.05, 4.69) is 47.0 Å². The summed E-state index contributed by atoms with van der Waals surface area (Å²) in [5.74, 6) is 0. The van der Waals surface area contributed by atoms with Crippen LogP contribution in [0.2, 0.25) is 18.1 Å². The Morgan fingerprint density at radius 2 is 1.63 bits per heavy atom. The van der Waals surface area contributed by atoms with Gasteiger partial charge in [0, 0.05) is 0 Å². The molecule has 1 unspecified atom stereocenters. The van der Waals surface area contributed by atoms with Crippen LogP contribution in [0.15, 0.2) is 25.3 Å². The van der Waals surface area contributed by atoms with E-state index < -0.39 is 8.32 Å². The maximum atomic E-state index is 6.16. The Labute approximate surface area is 119 Å². The lowest BCUT2D eigenvalue weighted by Crippen LogP contribution is -2.43. The molecule has 0 spiro atoms. The Hall–Kier alpha value is -0.423. The zero-order chi connectivity index (χ0) is 14.9. The third-order valence-electron chi connectivity index (χ3n) is 3.43. The quantitative estimate of drug-likeness (QED) is 0.347. The summed E-state index contributed by atoms with van der Waals surface area (Å²) in [5.41, 5.74) is 0. The van der Waals surface area contributed by atoms with Crippen molar-refractivity contribution in [1.29, 1.82) is 0 Å². The molecule has 0 aliphatic heterocycles. The Kier molecular flexibility index (Phi) is 8.50. The summed E-state index contributed by atoms with van der Waals surface area (Å²) >= 11 is 0. The molecule has 0 radical (unpaired) electrons. The maximum Gasteiger partial charge on any atom is 0.192 e. The molecule has 0 saturated heterocycles. The van der Waals surface area contributed by atoms with Gasteiger partial charge in [0.2, 0.25) is 0 Å². The van der Waals surface area contributed by atoms with E-state index in [1.807, 2.05) is 0 Å². The first-order valence-electron chi connectivity index (χ1n) is 6.79. The molecule has 0 aliphatic rings. The molecule has 112 valence electrons. The lowest BCUT2D eigenvalue weighted by atomic mass is 10.2. The molecule has 19 heavy (non-hydrogen) atoms. The highest BCUT2D eigenvalue weighted by atomic mass is 28.4. The zero-order valence-electron chi connectivity index (χ0n) is 13.2. The van der Waals surface area contributed by atoms with Crippen LogP contribution in [-0.2, 0) is 13.9 Å². The molecule has 0 aromatic rings. The van der Waals surface area contributed by atoms with Gasteiger partial charge in [-0.2, -0.15) is 0 Å². The molecule has 0 aromatic heterocycles. The van der Waals surface area contributed by atoms with Gasteiger partial charge in [-0.3, -0.25) is 0 Å². The van der Waals surface area contributed by atoms with Crippen molar-refractivity contribution in [2.45, 2.75) is 45.0 Å². The molecule has 0 aliphatic carbocycles. The van der Waals surface area contributed by atoms with Gasteiger partial charge in [0.15, 0.2) is 8.32 Å². The van der Waals surface area contributed by atoms with Gasteiger partial charge in [0.05, 0.1) is 26.4 Å². The molecule has 0 rings (SSSR count). The van der Waals surface area contributed by atoms with Crippen LogP contribution < -0.4 is 0 Å². The Morgan fingerprint density at radius 3 is 2.11 bits per heavy atom. The van der Waals surface area contributed by atoms with Crippen molar-refractivity contribution in [2.24, 2.45) is 0 Å². The normalized spacial score (nSPS) is 14.2. The van der Waals surface area contributed by atoms with E-state index >= 15 is 0 Å². The average Bonchev–Trinajstić information content (AvgIpc) is 2.30. The van der Waals surface area contributed by atoms with E-state index in [4.69, 9.17) is 13.9 Å². The molecule has 1 atom stereocenters. The smallest absolute Gasteiger partial charge is 0.192 e. The van der Waals surface area contributed by atoms with Crippen LogP contribution in [0.25, 0.3) is 0 Å². The first-order valence-corrected chi connectivity index (χ1v) is 9.70. The van der Waals surface area contributed by atoms with Crippen LogP contribution in [0.1, 0.15) is 20.8 Å². The SMILES string of the molecule is C=CCOCC(CO[Si](C)(C)C(C)(C)C)OCC=C. The Bertz CT molecular complexity index is 269. The second-order valence-electron chi connectivity index (χ2n) is 6.14. The van der Waals surface area contributed by atoms with Crippen molar-refractivity contribution < 1.29 is 13.9 Å². The fourth-order valence-electron chi connectivity index (χ4n) is 1.15. The average molecular weight is 286 g/mol. The van der Waals surface area contributed by atoms with E-state index in [-0.39, 0.29) is 11.1 Å². The molecular weight excluding hydrogens is 256 g/mol. The third-order valence-corrected chi connectivity index (χ3v) is 7.93. The van der Waals surface area contributed by atoms with Gasteiger partial charge < -0.3 is 13.9 Å². The molecule has 0 heterocycles. The molecule has 0 bridgehead atoms. The molecule has 0 saturated carbocycles. The van der Waals surface area contributed by atoms with Crippen LogP contribution >= 0.6 is 0 Å². The van der Waals surface area contributed by atoms with Gasteiger partial charge in [-0.25, -0.2) is 0 Å². The maximum absolute atomic E-state index is 6.16. The fraction of sp³-hybridized carbons (Fsp3) is 0.733. The number of hydrogen-bond donors (Lipinski definition) is 0. The van der Waals surface area contributed by atoms with Crippen molar-refractivity contribution in [1.82, 2.24) is 0 Å². The van der Waals surface area contributed by atoms with Crippen LogP contribution in [0, 0.1) is 0 Å². The fourth-order valence-corrected chi connectivity index (χ4v) is 2.18. The minimum atomic E-state index is -1.74. The van der Waals surface area contributed by atoms with E-state index in [1.54, 1.807) is 12.2 Å². The highest BCUT2D eigenvalue weighted by Crippen LogP contribution is 2.36. The summed E-state index contributed by atoms with van der Waals surface area (Å²) in [6.45, 7) is 20.6. The highest BCUT2D eigenvalue weighted by molar-refractivity contribution is 6.74. The van der Waals surface area contributed by atoms with Crippen LogP contribution in [0.3, 0.4) is 0 Å². The summed E-state index contributed by atoms with van der Waals surface area (Å²) < 4.78 is 17.3. The first-order chi connectivity index (χ1) is 8.74. The van der Waals surface area contributed by atoms with E-state index in [0.29, 0.717) is 26.4 Å². The molecule has 0 aromatic carbocycles. The van der Waals surface area contributed by atoms with Gasteiger partial charge >= 0.3 is 0 Å². The van der Waals surface area contributed by atoms with Crippen molar-refractivity contribution >= 4 is 8.32 Å². The first kappa shape index (κ1) is 18.6. The van der Waals surface area contributed by atoms with Gasteiger partial charge in [0.1, 0.15) is 6.10 Å². The van der Waals surface area contributed by atoms with Crippen LogP contribution in [-0.4, -0.2) is 40.8 Å². The van der Waals surface area contributed by atoms with Crippen molar-refractivity contribution in [3.05, 3.63) is 25.3 Å². The number of hydrogen-bond acceptors (Lipinski definition) is 3. The van der Waals surface area contributed by atoms with E-state index in [1.165, 1.54) is 0 Å². The summed E-state index contributed by atoms with van der Waals surface area (Å²) in [6.07, 6.45) is 3.43. The van der Waals surface area contributed by atoms with E-state index in [0.717, 1.165) is 0 Å². The van der Waals surface area contributed by atoms with Crippen LogP contribution in [0.4, 0.5) is 0 Å². The predicted molar refractivity (Wildman–Crippen MR) is 84.1 cm³/mol. The molecule has 0 amide bonds. The Balaban J connectivity index is 4.30. The standard InChI is InChI=1S/C15H30O3Si/c1-8-10-16-12-14(17-11-9-2)13-18-19(6,7)15(3,4)5/h8-9,14H,1-2,10-13H2,3-7H3.